The average Bonchev–Trinajstić information content (AvgIpc) is 2.18. The van der Waals surface area contributed by atoms with E-state index < -0.39 is 0 Å². The Morgan fingerprint density at radius 3 is 2.71 bits per heavy atom. The largest absolute Gasteiger partial charge is 0.379 e. The van der Waals surface area contributed by atoms with Gasteiger partial charge in [-0.15, -0.1) is 0 Å². The number of ether oxygens (including phenoxy) is 2. The van der Waals surface area contributed by atoms with Gasteiger partial charge in [0, 0.05) is 10.5 Å². The molecule has 1 aliphatic carbocycles. The quantitative estimate of drug-likeness (QED) is 0.573. The Labute approximate surface area is 101 Å². The summed E-state index contributed by atoms with van der Waals surface area (Å²) in [6.07, 6.45) is 5.94. The highest BCUT2D eigenvalue weighted by Gasteiger charge is 2.24. The Morgan fingerprint density at radius 1 is 1.36 bits per heavy atom. The maximum absolute atomic E-state index is 5.97. The Bertz CT molecular complexity index is 152. The van der Waals surface area contributed by atoms with Crippen LogP contribution in [0.25, 0.3) is 0 Å². The molecule has 1 fully saturated rings. The number of alkyl halides is 1. The van der Waals surface area contributed by atoms with Crippen LogP contribution in [0.3, 0.4) is 0 Å². The summed E-state index contributed by atoms with van der Waals surface area (Å²) >= 11 is 2.52. The molecule has 0 spiro atoms. The molecule has 0 aromatic carbocycles. The van der Waals surface area contributed by atoms with Crippen LogP contribution in [0.4, 0.5) is 0 Å². The lowest BCUT2D eigenvalue weighted by Gasteiger charge is -2.30. The van der Waals surface area contributed by atoms with Crippen molar-refractivity contribution in [2.75, 3.05) is 13.2 Å². The van der Waals surface area contributed by atoms with Gasteiger partial charge < -0.3 is 9.47 Å². The van der Waals surface area contributed by atoms with Crippen molar-refractivity contribution in [1.29, 1.82) is 0 Å². The minimum absolute atomic E-state index is 0.246. The third-order valence-corrected chi connectivity index (χ3v) is 4.01. The smallest absolute Gasteiger partial charge is 0.0784 e. The van der Waals surface area contributed by atoms with Crippen molar-refractivity contribution in [2.45, 2.75) is 55.7 Å². The molecular formula is C11H21IO2. The molecule has 1 rings (SSSR count). The van der Waals surface area contributed by atoms with Crippen molar-refractivity contribution >= 4 is 22.6 Å². The summed E-state index contributed by atoms with van der Waals surface area (Å²) in [5.74, 6) is 0. The highest BCUT2D eigenvalue weighted by atomic mass is 127. The summed E-state index contributed by atoms with van der Waals surface area (Å²) < 4.78 is 12.0. The normalized spacial score (nSPS) is 30.2. The molecule has 0 heterocycles. The summed E-state index contributed by atoms with van der Waals surface area (Å²) in [6, 6.07) is 0. The predicted octanol–water partition coefficient (Wildman–Crippen LogP) is 3.17. The standard InChI is InChI=1S/C11H21IO2/c1-3-13-8-9(2)14-11-7-5-4-6-10(11)12/h9-11H,3-8H2,1-2H3. The van der Waals surface area contributed by atoms with Gasteiger partial charge in [-0.2, -0.15) is 0 Å². The van der Waals surface area contributed by atoms with E-state index in [1.807, 2.05) is 6.92 Å². The molecule has 0 amide bonds. The van der Waals surface area contributed by atoms with Gasteiger partial charge >= 0.3 is 0 Å². The molecule has 0 radical (unpaired) electrons. The summed E-state index contributed by atoms with van der Waals surface area (Å²) in [7, 11) is 0. The number of halogens is 1. The van der Waals surface area contributed by atoms with Crippen molar-refractivity contribution in [2.24, 2.45) is 0 Å². The second kappa shape index (κ2) is 7.01. The minimum atomic E-state index is 0.246. The topological polar surface area (TPSA) is 18.5 Å². The Morgan fingerprint density at radius 2 is 2.07 bits per heavy atom. The lowest BCUT2D eigenvalue weighted by molar-refractivity contribution is -0.0536. The van der Waals surface area contributed by atoms with E-state index in [1.54, 1.807) is 0 Å². The highest BCUT2D eigenvalue weighted by molar-refractivity contribution is 14.1. The summed E-state index contributed by atoms with van der Waals surface area (Å²) in [4.78, 5) is 0. The van der Waals surface area contributed by atoms with E-state index in [2.05, 4.69) is 29.5 Å². The molecule has 0 bridgehead atoms. The van der Waals surface area contributed by atoms with Crippen LogP contribution in [0.2, 0.25) is 0 Å². The summed E-state index contributed by atoms with van der Waals surface area (Å²) in [5, 5.41) is 0. The molecule has 0 N–H and O–H groups in total. The van der Waals surface area contributed by atoms with Gasteiger partial charge in [-0.25, -0.2) is 0 Å². The molecular weight excluding hydrogens is 291 g/mol. The maximum Gasteiger partial charge on any atom is 0.0784 e. The van der Waals surface area contributed by atoms with Crippen LogP contribution < -0.4 is 0 Å². The molecule has 3 heteroatoms. The Balaban J connectivity index is 2.20. The van der Waals surface area contributed by atoms with E-state index in [0.29, 0.717) is 10.0 Å². The lowest BCUT2D eigenvalue weighted by atomic mass is 9.97. The fraction of sp³-hybridized carbons (Fsp3) is 1.00. The fourth-order valence-electron chi connectivity index (χ4n) is 1.83. The Hall–Kier alpha value is 0.650. The molecule has 2 nitrogen and oxygen atoms in total. The fourth-order valence-corrected chi connectivity index (χ4v) is 2.80. The number of hydrogen-bond acceptors (Lipinski definition) is 2. The van der Waals surface area contributed by atoms with Gasteiger partial charge in [-0.05, 0) is 26.7 Å². The summed E-state index contributed by atoms with van der Waals surface area (Å²) in [6.45, 7) is 5.64. The monoisotopic (exact) mass is 312 g/mol. The molecule has 0 aliphatic heterocycles. The second-order valence-electron chi connectivity index (χ2n) is 3.95. The predicted molar refractivity (Wildman–Crippen MR) is 67.1 cm³/mol. The first-order chi connectivity index (χ1) is 6.74. The zero-order chi connectivity index (χ0) is 10.4. The van der Waals surface area contributed by atoms with Crippen LogP contribution in [0.1, 0.15) is 39.5 Å². The van der Waals surface area contributed by atoms with E-state index in [-0.39, 0.29) is 6.10 Å². The zero-order valence-corrected chi connectivity index (χ0v) is 11.3. The van der Waals surface area contributed by atoms with Crippen LogP contribution in [-0.2, 0) is 9.47 Å². The third kappa shape index (κ3) is 4.45. The molecule has 0 aromatic rings. The first kappa shape index (κ1) is 12.7. The zero-order valence-electron chi connectivity index (χ0n) is 9.17. The van der Waals surface area contributed by atoms with Crippen LogP contribution in [0, 0.1) is 0 Å². The first-order valence-electron chi connectivity index (χ1n) is 5.61. The van der Waals surface area contributed by atoms with Gasteiger partial charge in [0.15, 0.2) is 0 Å². The molecule has 3 unspecified atom stereocenters. The van der Waals surface area contributed by atoms with Gasteiger partial charge in [0.2, 0.25) is 0 Å². The van der Waals surface area contributed by atoms with Crippen molar-refractivity contribution < 1.29 is 9.47 Å². The third-order valence-electron chi connectivity index (χ3n) is 2.59. The van der Waals surface area contributed by atoms with Gasteiger partial charge in [0.1, 0.15) is 0 Å². The van der Waals surface area contributed by atoms with Crippen molar-refractivity contribution in [3.05, 3.63) is 0 Å². The van der Waals surface area contributed by atoms with Gasteiger partial charge in [0.25, 0.3) is 0 Å². The van der Waals surface area contributed by atoms with E-state index in [0.717, 1.165) is 13.2 Å². The van der Waals surface area contributed by atoms with Crippen LogP contribution in [-0.4, -0.2) is 29.3 Å². The van der Waals surface area contributed by atoms with Crippen molar-refractivity contribution in [3.8, 4) is 0 Å². The van der Waals surface area contributed by atoms with E-state index in [9.17, 15) is 0 Å². The minimum Gasteiger partial charge on any atom is -0.379 e. The van der Waals surface area contributed by atoms with E-state index in [1.165, 1.54) is 25.7 Å². The van der Waals surface area contributed by atoms with Crippen LogP contribution >= 0.6 is 22.6 Å². The average molecular weight is 312 g/mol. The molecule has 0 saturated heterocycles. The van der Waals surface area contributed by atoms with Gasteiger partial charge in [0.05, 0.1) is 18.8 Å². The first-order valence-corrected chi connectivity index (χ1v) is 6.86. The van der Waals surface area contributed by atoms with Gasteiger partial charge in [-0.1, -0.05) is 35.4 Å². The molecule has 1 saturated carbocycles. The van der Waals surface area contributed by atoms with Crippen molar-refractivity contribution in [1.82, 2.24) is 0 Å². The molecule has 0 aromatic heterocycles. The maximum atomic E-state index is 5.97. The Kier molecular flexibility index (Phi) is 6.37. The highest BCUT2D eigenvalue weighted by Crippen LogP contribution is 2.28. The number of rotatable bonds is 5. The van der Waals surface area contributed by atoms with Crippen molar-refractivity contribution in [3.63, 3.8) is 0 Å². The molecule has 3 atom stereocenters. The van der Waals surface area contributed by atoms with E-state index in [4.69, 9.17) is 9.47 Å². The number of hydrogen-bond donors (Lipinski definition) is 0. The summed E-state index contributed by atoms with van der Waals surface area (Å²) in [5.41, 5.74) is 0. The lowest BCUT2D eigenvalue weighted by Crippen LogP contribution is -2.32. The van der Waals surface area contributed by atoms with Gasteiger partial charge in [-0.3, -0.25) is 0 Å². The van der Waals surface area contributed by atoms with Crippen LogP contribution in [0.15, 0.2) is 0 Å². The van der Waals surface area contributed by atoms with Crippen LogP contribution in [0.5, 0.6) is 0 Å². The molecule has 14 heavy (non-hydrogen) atoms. The second-order valence-corrected chi connectivity index (χ2v) is 5.55. The SMILES string of the molecule is CCOCC(C)OC1CCCCC1I. The van der Waals surface area contributed by atoms with E-state index >= 15 is 0 Å². The molecule has 84 valence electrons. The molecule has 1 aliphatic rings.